The lowest BCUT2D eigenvalue weighted by molar-refractivity contribution is 0.345. The van der Waals surface area contributed by atoms with E-state index in [0.717, 1.165) is 6.04 Å². The van der Waals surface area contributed by atoms with Gasteiger partial charge in [-0.1, -0.05) is 6.92 Å². The molecule has 1 unspecified atom stereocenters. The van der Waals surface area contributed by atoms with Gasteiger partial charge in [-0.05, 0) is 56.6 Å². The van der Waals surface area contributed by atoms with Crippen molar-refractivity contribution in [3.05, 3.63) is 0 Å². The summed E-state index contributed by atoms with van der Waals surface area (Å²) in [6.07, 6.45) is 5.74. The van der Waals surface area contributed by atoms with Crippen LogP contribution in [-0.2, 0) is 0 Å². The van der Waals surface area contributed by atoms with E-state index in [9.17, 15) is 0 Å². The highest BCUT2D eigenvalue weighted by Gasteiger charge is 2.45. The molecule has 0 spiro atoms. The molecule has 0 aromatic carbocycles. The second-order valence-corrected chi connectivity index (χ2v) is 5.57. The van der Waals surface area contributed by atoms with Gasteiger partial charge in [-0.3, -0.25) is 0 Å². The zero-order valence-electron chi connectivity index (χ0n) is 9.23. The standard InChI is InChI=1S/C11H23NS/c1-4-13-9-5-6-11(7-8-11)10(2)12-3/h10,12H,4-9H2,1-3H3. The molecule has 0 aromatic rings. The van der Waals surface area contributed by atoms with Crippen molar-refractivity contribution < 1.29 is 0 Å². The van der Waals surface area contributed by atoms with Crippen molar-refractivity contribution in [2.75, 3.05) is 18.6 Å². The average molecular weight is 201 g/mol. The van der Waals surface area contributed by atoms with Gasteiger partial charge < -0.3 is 5.32 Å². The summed E-state index contributed by atoms with van der Waals surface area (Å²) in [7, 11) is 2.09. The van der Waals surface area contributed by atoms with Gasteiger partial charge in [0, 0.05) is 6.04 Å². The van der Waals surface area contributed by atoms with Crippen molar-refractivity contribution in [2.45, 2.75) is 45.6 Å². The number of hydrogen-bond acceptors (Lipinski definition) is 2. The van der Waals surface area contributed by atoms with E-state index < -0.39 is 0 Å². The molecule has 0 amide bonds. The molecular weight excluding hydrogens is 178 g/mol. The Labute approximate surface area is 87.1 Å². The maximum absolute atomic E-state index is 3.40. The second-order valence-electron chi connectivity index (χ2n) is 4.17. The Morgan fingerprint density at radius 3 is 2.62 bits per heavy atom. The minimum atomic E-state index is 0.684. The molecule has 0 aromatic heterocycles. The lowest BCUT2D eigenvalue weighted by atomic mass is 9.93. The maximum atomic E-state index is 3.40. The summed E-state index contributed by atoms with van der Waals surface area (Å²) in [6, 6.07) is 0.721. The van der Waals surface area contributed by atoms with Crippen molar-refractivity contribution in [3.63, 3.8) is 0 Å². The molecule has 1 atom stereocenters. The van der Waals surface area contributed by atoms with Crippen LogP contribution in [0.3, 0.4) is 0 Å². The topological polar surface area (TPSA) is 12.0 Å². The van der Waals surface area contributed by atoms with E-state index in [0.29, 0.717) is 5.41 Å². The Balaban J connectivity index is 2.12. The van der Waals surface area contributed by atoms with E-state index >= 15 is 0 Å². The van der Waals surface area contributed by atoms with E-state index in [2.05, 4.69) is 38.0 Å². The highest BCUT2D eigenvalue weighted by molar-refractivity contribution is 7.99. The minimum Gasteiger partial charge on any atom is -0.317 e. The van der Waals surface area contributed by atoms with Crippen LogP contribution >= 0.6 is 11.8 Å². The van der Waals surface area contributed by atoms with Gasteiger partial charge in [0.25, 0.3) is 0 Å². The minimum absolute atomic E-state index is 0.684. The third-order valence-corrected chi connectivity index (χ3v) is 4.40. The Hall–Kier alpha value is 0.310. The molecule has 0 saturated heterocycles. The molecule has 0 heterocycles. The summed E-state index contributed by atoms with van der Waals surface area (Å²) >= 11 is 2.08. The summed E-state index contributed by atoms with van der Waals surface area (Å²) in [5, 5.41) is 3.40. The van der Waals surface area contributed by atoms with Gasteiger partial charge in [0.15, 0.2) is 0 Å². The molecule has 0 radical (unpaired) electrons. The zero-order valence-corrected chi connectivity index (χ0v) is 10.0. The van der Waals surface area contributed by atoms with Crippen LogP contribution in [0, 0.1) is 5.41 Å². The maximum Gasteiger partial charge on any atom is 0.00921 e. The molecule has 1 aliphatic carbocycles. The molecule has 78 valence electrons. The number of thioether (sulfide) groups is 1. The van der Waals surface area contributed by atoms with Crippen LogP contribution in [0.15, 0.2) is 0 Å². The van der Waals surface area contributed by atoms with Crippen molar-refractivity contribution >= 4 is 11.8 Å². The van der Waals surface area contributed by atoms with Gasteiger partial charge in [0.2, 0.25) is 0 Å². The molecule has 0 aliphatic heterocycles. The Kier molecular flexibility index (Phi) is 4.60. The molecule has 2 heteroatoms. The van der Waals surface area contributed by atoms with Gasteiger partial charge in [-0.25, -0.2) is 0 Å². The molecule has 1 rings (SSSR count). The van der Waals surface area contributed by atoms with Gasteiger partial charge in [-0.2, -0.15) is 11.8 Å². The first-order valence-corrected chi connectivity index (χ1v) is 6.65. The summed E-state index contributed by atoms with van der Waals surface area (Å²) < 4.78 is 0. The molecule has 1 aliphatic rings. The van der Waals surface area contributed by atoms with Crippen molar-refractivity contribution in [1.29, 1.82) is 0 Å². The van der Waals surface area contributed by atoms with Crippen molar-refractivity contribution in [3.8, 4) is 0 Å². The molecule has 1 fully saturated rings. The van der Waals surface area contributed by atoms with Crippen LogP contribution in [0.25, 0.3) is 0 Å². The zero-order chi connectivity index (χ0) is 9.73. The van der Waals surface area contributed by atoms with Crippen LogP contribution < -0.4 is 5.32 Å². The van der Waals surface area contributed by atoms with Crippen LogP contribution in [0.5, 0.6) is 0 Å². The fourth-order valence-electron chi connectivity index (χ4n) is 2.04. The predicted octanol–water partition coefficient (Wildman–Crippen LogP) is 2.91. The molecule has 1 saturated carbocycles. The second kappa shape index (κ2) is 5.26. The first kappa shape index (κ1) is 11.4. The third-order valence-electron chi connectivity index (χ3n) is 3.41. The smallest absolute Gasteiger partial charge is 0.00921 e. The lowest BCUT2D eigenvalue weighted by Gasteiger charge is -2.22. The van der Waals surface area contributed by atoms with Crippen LogP contribution in [0.4, 0.5) is 0 Å². The van der Waals surface area contributed by atoms with Gasteiger partial charge in [0.1, 0.15) is 0 Å². The molecule has 1 N–H and O–H groups in total. The Morgan fingerprint density at radius 1 is 1.46 bits per heavy atom. The summed E-state index contributed by atoms with van der Waals surface area (Å²) in [5.41, 5.74) is 0.684. The van der Waals surface area contributed by atoms with Crippen LogP contribution in [0.2, 0.25) is 0 Å². The quantitative estimate of drug-likeness (QED) is 0.636. The highest BCUT2D eigenvalue weighted by Crippen LogP contribution is 2.52. The number of rotatable bonds is 7. The monoisotopic (exact) mass is 201 g/mol. The van der Waals surface area contributed by atoms with Crippen LogP contribution in [-0.4, -0.2) is 24.6 Å². The Morgan fingerprint density at radius 2 is 2.15 bits per heavy atom. The van der Waals surface area contributed by atoms with E-state index in [-0.39, 0.29) is 0 Å². The normalized spacial score (nSPS) is 21.5. The third kappa shape index (κ3) is 3.17. The lowest BCUT2D eigenvalue weighted by Crippen LogP contribution is -2.31. The average Bonchev–Trinajstić information content (AvgIpc) is 2.92. The summed E-state index contributed by atoms with van der Waals surface area (Å²) in [6.45, 7) is 4.58. The molecular formula is C11H23NS. The fraction of sp³-hybridized carbons (Fsp3) is 1.00. The first-order chi connectivity index (χ1) is 6.25. The first-order valence-electron chi connectivity index (χ1n) is 5.50. The van der Waals surface area contributed by atoms with Gasteiger partial charge >= 0.3 is 0 Å². The molecule has 1 nitrogen and oxygen atoms in total. The summed E-state index contributed by atoms with van der Waals surface area (Å²) in [5.74, 6) is 2.63. The molecule has 13 heavy (non-hydrogen) atoms. The fourth-order valence-corrected chi connectivity index (χ4v) is 2.67. The van der Waals surface area contributed by atoms with Gasteiger partial charge in [0.05, 0.1) is 0 Å². The van der Waals surface area contributed by atoms with E-state index in [1.54, 1.807) is 0 Å². The van der Waals surface area contributed by atoms with E-state index in [1.807, 2.05) is 0 Å². The predicted molar refractivity (Wildman–Crippen MR) is 62.4 cm³/mol. The van der Waals surface area contributed by atoms with E-state index in [1.165, 1.54) is 37.2 Å². The highest BCUT2D eigenvalue weighted by atomic mass is 32.2. The largest absolute Gasteiger partial charge is 0.317 e. The van der Waals surface area contributed by atoms with Crippen molar-refractivity contribution in [2.24, 2.45) is 5.41 Å². The number of hydrogen-bond donors (Lipinski definition) is 1. The number of nitrogens with one attached hydrogen (secondary N) is 1. The molecule has 0 bridgehead atoms. The van der Waals surface area contributed by atoms with E-state index in [4.69, 9.17) is 0 Å². The van der Waals surface area contributed by atoms with Crippen LogP contribution in [0.1, 0.15) is 39.5 Å². The van der Waals surface area contributed by atoms with Crippen molar-refractivity contribution in [1.82, 2.24) is 5.32 Å². The SMILES string of the molecule is CCSCCCC1(C(C)NC)CC1. The van der Waals surface area contributed by atoms with Gasteiger partial charge in [-0.15, -0.1) is 0 Å². The Bertz CT molecular complexity index is 143. The summed E-state index contributed by atoms with van der Waals surface area (Å²) in [4.78, 5) is 0.